The highest BCUT2D eigenvalue weighted by Crippen LogP contribution is 2.52. The van der Waals surface area contributed by atoms with Gasteiger partial charge in [0.25, 0.3) is 0 Å². The summed E-state index contributed by atoms with van der Waals surface area (Å²) in [6, 6.07) is 179. The Morgan fingerprint density at radius 1 is 0.166 bits per heavy atom. The van der Waals surface area contributed by atoms with Gasteiger partial charge in [0.05, 0.1) is 0 Å². The summed E-state index contributed by atoms with van der Waals surface area (Å²) in [6.45, 7) is 9.01. The van der Waals surface area contributed by atoms with Crippen molar-refractivity contribution in [3.63, 3.8) is 0 Å². The van der Waals surface area contributed by atoms with Crippen LogP contribution in [0.4, 0.5) is 0 Å². The van der Waals surface area contributed by atoms with Crippen molar-refractivity contribution in [3.05, 3.63) is 508 Å². The first-order valence-electron chi connectivity index (χ1n) is 51.1. The fraction of sp³-hybridized carbons (Fsp3) is 0.0704. The minimum Gasteiger partial charge on any atom is -0.455 e. The van der Waals surface area contributed by atoms with E-state index in [-0.39, 0.29) is 0 Å². The second-order valence-electron chi connectivity index (χ2n) is 38.9. The van der Waals surface area contributed by atoms with Gasteiger partial charge in [0, 0.05) is 49.0 Å². The number of unbranched alkanes of at least 4 members (excludes halogenated alkanes) is 1. The van der Waals surface area contributed by atoms with Crippen LogP contribution in [-0.4, -0.2) is 0 Å². The van der Waals surface area contributed by atoms with Gasteiger partial charge in [-0.15, -0.1) is 0 Å². The summed E-state index contributed by atoms with van der Waals surface area (Å²) in [5.74, 6) is 0.484. The number of furan rings is 3. The molecule has 0 bridgehead atoms. The van der Waals surface area contributed by atoms with Crippen LogP contribution >= 0.6 is 0 Å². The Hall–Kier alpha value is -17.8. The molecule has 145 heavy (non-hydrogen) atoms. The molecule has 0 aliphatic carbocycles. The van der Waals surface area contributed by atoms with E-state index in [2.05, 4.69) is 483 Å². The maximum atomic E-state index is 6.43. The Morgan fingerprint density at radius 3 is 0.697 bits per heavy atom. The van der Waals surface area contributed by atoms with E-state index >= 15 is 0 Å². The zero-order valence-corrected chi connectivity index (χ0v) is 81.6. The molecule has 0 fully saturated rings. The molecule has 0 radical (unpaired) electrons. The summed E-state index contributed by atoms with van der Waals surface area (Å²) in [7, 11) is 0. The highest BCUT2D eigenvalue weighted by atomic mass is 16.3. The second kappa shape index (κ2) is 38.3. The van der Waals surface area contributed by atoms with Gasteiger partial charge < -0.3 is 13.3 Å². The molecule has 27 rings (SSSR count). The average molecular weight is 1860 g/mol. The van der Waals surface area contributed by atoms with Gasteiger partial charge in [-0.25, -0.2) is 0 Å². The minimum absolute atomic E-state index is 0.484. The largest absolute Gasteiger partial charge is 0.455 e. The normalized spacial score (nSPS) is 11.6. The highest BCUT2D eigenvalue weighted by molar-refractivity contribution is 6.26. The number of para-hydroxylation sites is 6. The fourth-order valence-corrected chi connectivity index (χ4v) is 22.7. The molecule has 0 aliphatic rings. The predicted molar refractivity (Wildman–Crippen MR) is 618 cm³/mol. The summed E-state index contributed by atoms with van der Waals surface area (Å²) in [5.41, 5.74) is 38.7. The van der Waals surface area contributed by atoms with Crippen LogP contribution in [0.1, 0.15) is 69.6 Å². The van der Waals surface area contributed by atoms with Crippen LogP contribution in [-0.2, 0) is 12.8 Å². The van der Waals surface area contributed by atoms with Crippen molar-refractivity contribution in [1.29, 1.82) is 0 Å². The predicted octanol–water partition coefficient (Wildman–Crippen LogP) is 41.1. The molecule has 0 saturated heterocycles. The van der Waals surface area contributed by atoms with Gasteiger partial charge in [-0.05, 0) is 278 Å². The lowest BCUT2D eigenvalue weighted by molar-refractivity contribution is 0.669. The number of hydrogen-bond acceptors (Lipinski definition) is 3. The summed E-state index contributed by atoms with van der Waals surface area (Å²) in [4.78, 5) is 0. The average Bonchev–Trinajstić information content (AvgIpc) is 0.962. The van der Waals surface area contributed by atoms with Crippen molar-refractivity contribution in [2.24, 2.45) is 0 Å². The van der Waals surface area contributed by atoms with E-state index in [4.69, 9.17) is 13.3 Å². The number of aryl methyl sites for hydroxylation is 2. The first-order valence-corrected chi connectivity index (χ1v) is 51.1. The maximum absolute atomic E-state index is 6.43. The molecule has 3 aromatic heterocycles. The van der Waals surface area contributed by atoms with E-state index in [1.165, 1.54) is 194 Å². The monoisotopic (exact) mass is 1860 g/mol. The molecule has 3 heterocycles. The van der Waals surface area contributed by atoms with E-state index in [1.807, 2.05) is 36.4 Å². The Balaban J connectivity index is 0.000000114. The molecular weight excluding hydrogens is 1750 g/mol. The van der Waals surface area contributed by atoms with Crippen molar-refractivity contribution in [2.75, 3.05) is 0 Å². The van der Waals surface area contributed by atoms with Crippen molar-refractivity contribution in [3.8, 4) is 134 Å². The van der Waals surface area contributed by atoms with Crippen molar-refractivity contribution >= 4 is 130 Å². The third-order valence-electron chi connectivity index (χ3n) is 29.7. The van der Waals surface area contributed by atoms with E-state index in [0.717, 1.165) is 118 Å². The number of hydrogen-bond donors (Lipinski definition) is 0. The molecule has 690 valence electrons. The highest BCUT2D eigenvalue weighted by Gasteiger charge is 2.26. The van der Waals surface area contributed by atoms with Crippen LogP contribution in [0.25, 0.3) is 264 Å². The van der Waals surface area contributed by atoms with Gasteiger partial charge in [-0.2, -0.15) is 0 Å². The Morgan fingerprint density at radius 2 is 0.393 bits per heavy atom. The molecule has 3 nitrogen and oxygen atoms in total. The smallest absolute Gasteiger partial charge is 0.143 e. The molecule has 0 unspecified atom stereocenters. The van der Waals surface area contributed by atoms with Gasteiger partial charge >= 0.3 is 0 Å². The zero-order valence-electron chi connectivity index (χ0n) is 81.6. The van der Waals surface area contributed by atoms with Crippen LogP contribution in [0, 0.1) is 0 Å². The molecule has 3 heteroatoms. The molecular formula is C142H104O3. The van der Waals surface area contributed by atoms with Crippen LogP contribution in [0.5, 0.6) is 0 Å². The number of fused-ring (bicyclic) bond motifs is 15. The lowest BCUT2D eigenvalue weighted by atomic mass is 9.84. The first kappa shape index (κ1) is 88.7. The Kier molecular flexibility index (Phi) is 23.4. The Labute approximate surface area is 844 Å². The lowest BCUT2D eigenvalue weighted by Gasteiger charge is -2.19. The summed E-state index contributed by atoms with van der Waals surface area (Å²) >= 11 is 0. The lowest BCUT2D eigenvalue weighted by Crippen LogP contribution is -1.93. The van der Waals surface area contributed by atoms with Gasteiger partial charge in [-0.1, -0.05) is 477 Å². The topological polar surface area (TPSA) is 39.4 Å². The van der Waals surface area contributed by atoms with Gasteiger partial charge in [0.1, 0.15) is 33.5 Å². The van der Waals surface area contributed by atoms with Crippen LogP contribution in [0.15, 0.2) is 505 Å². The third kappa shape index (κ3) is 16.4. The molecule has 0 aliphatic heterocycles. The molecule has 27 aromatic rings. The molecule has 0 N–H and O–H groups in total. The van der Waals surface area contributed by atoms with Crippen LogP contribution < -0.4 is 0 Å². The van der Waals surface area contributed by atoms with Gasteiger partial charge in [0.15, 0.2) is 0 Å². The molecule has 0 amide bonds. The minimum atomic E-state index is 0.484. The van der Waals surface area contributed by atoms with Crippen LogP contribution in [0.2, 0.25) is 0 Å². The summed E-state index contributed by atoms with van der Waals surface area (Å²) < 4.78 is 19.3. The van der Waals surface area contributed by atoms with Crippen molar-refractivity contribution in [1.82, 2.24) is 0 Å². The van der Waals surface area contributed by atoms with Crippen LogP contribution in [0.3, 0.4) is 0 Å². The fourth-order valence-electron chi connectivity index (χ4n) is 22.7. The second-order valence-corrected chi connectivity index (χ2v) is 38.9. The molecule has 0 atom stereocenters. The van der Waals surface area contributed by atoms with Crippen molar-refractivity contribution < 1.29 is 13.3 Å². The molecule has 24 aromatic carbocycles. The number of rotatable bonds is 18. The SMILES string of the molecule is CC(C)c1ccc(-c2c3ccccc3c(-c3ccccc3)c3ccc(-c4cccc(-c5cccc6c5oc5ccccc56)c4)cc23)cc1.CCCCc1ccc(-c2c3ccccc3c(-c3ccccc3)c3ccc(-c4cccc(-c5cccc6c5oc5ccccc56)c4)cc23)cc1.CCCc1ccc(-c2c3ccccc3c(-c3ccccc3)c3ccc(-c4cccc(-c5cccc6c5oc5ccccc56)c4)cc23)cc1. The van der Waals surface area contributed by atoms with Crippen molar-refractivity contribution in [2.45, 2.75) is 65.7 Å². The Bertz CT molecular complexity index is 9610. The van der Waals surface area contributed by atoms with E-state index in [1.54, 1.807) is 0 Å². The van der Waals surface area contributed by atoms with E-state index < -0.39 is 0 Å². The van der Waals surface area contributed by atoms with Gasteiger partial charge in [0.2, 0.25) is 0 Å². The molecule has 0 saturated carbocycles. The van der Waals surface area contributed by atoms with E-state index in [9.17, 15) is 0 Å². The third-order valence-corrected chi connectivity index (χ3v) is 29.7. The summed E-state index contributed by atoms with van der Waals surface area (Å²) in [5, 5.41) is 22.1. The van der Waals surface area contributed by atoms with E-state index in [0.29, 0.717) is 5.92 Å². The quantitative estimate of drug-likeness (QED) is 0.0804. The number of benzene rings is 24. The van der Waals surface area contributed by atoms with Gasteiger partial charge in [-0.3, -0.25) is 0 Å². The standard InChI is InChI=1S/C48H36O.2C47H34O/c1-2-3-13-32-24-26-34(27-25-32)47-41-20-8-7-19-40(41)46(33-14-5-4-6-15-33)42-29-28-36(31-44(42)47)35-16-11-17-37(30-35)38-21-12-22-43-39-18-9-10-23-45(39)49-48(38)43;1-30(2)31-22-24-33(25-23-31)46-40-18-7-6-17-39(40)45(32-12-4-3-5-13-32)41-27-26-35(29-43(41)46)34-14-10-15-36(28-34)37-19-11-20-42-38-16-8-9-21-44(38)48-47(37)42;1-2-12-31-23-25-33(26-24-31)46-40-19-7-6-18-39(40)45(32-13-4-3-5-14-32)41-28-27-35(30-43(41)46)34-15-10-16-36(29-34)37-20-11-21-42-38-17-8-9-22-44(38)48-47(37)42/h4-12,14-31H,2-3,13H2,1H3;3-30H,1-2H3;3-11,13-30H,2,12H2,1H3. The maximum Gasteiger partial charge on any atom is 0.143 e. The molecule has 0 spiro atoms. The zero-order chi connectivity index (χ0) is 97.0. The summed E-state index contributed by atoms with van der Waals surface area (Å²) in [6.07, 6.45) is 5.77. The first-order chi connectivity index (χ1) is 71.7.